The predicted octanol–water partition coefficient (Wildman–Crippen LogP) is 2.10. The van der Waals surface area contributed by atoms with E-state index in [0.29, 0.717) is 18.2 Å². The molecule has 0 bridgehead atoms. The number of rotatable bonds is 6. The zero-order valence-corrected chi connectivity index (χ0v) is 8.64. The van der Waals surface area contributed by atoms with Gasteiger partial charge in [-0.25, -0.2) is 0 Å². The standard InChI is InChI=1S/C9H17ClN2/c1-3-12(6-4-5-11)8-9(2)7-10/h9H,3-4,6-8H2,1-2H3. The molecule has 0 aromatic rings. The van der Waals surface area contributed by atoms with Crippen molar-refractivity contribution in [2.45, 2.75) is 20.3 Å². The van der Waals surface area contributed by atoms with Gasteiger partial charge in [-0.1, -0.05) is 13.8 Å². The zero-order valence-electron chi connectivity index (χ0n) is 7.89. The molecule has 0 saturated carbocycles. The number of nitrogens with zero attached hydrogens (tertiary/aromatic N) is 2. The molecular formula is C9H17ClN2. The maximum atomic E-state index is 8.40. The Morgan fingerprint density at radius 1 is 1.58 bits per heavy atom. The van der Waals surface area contributed by atoms with Crippen LogP contribution < -0.4 is 0 Å². The number of halogens is 1. The minimum Gasteiger partial charge on any atom is -0.302 e. The molecule has 1 unspecified atom stereocenters. The highest BCUT2D eigenvalue weighted by atomic mass is 35.5. The first-order valence-electron chi connectivity index (χ1n) is 4.39. The minimum absolute atomic E-state index is 0.519. The first-order valence-corrected chi connectivity index (χ1v) is 4.93. The van der Waals surface area contributed by atoms with Gasteiger partial charge in [0.15, 0.2) is 0 Å². The second-order valence-corrected chi connectivity index (χ2v) is 3.37. The van der Waals surface area contributed by atoms with Crippen molar-refractivity contribution in [1.29, 1.82) is 5.26 Å². The Balaban J connectivity index is 3.60. The Morgan fingerprint density at radius 3 is 2.67 bits per heavy atom. The Morgan fingerprint density at radius 2 is 2.25 bits per heavy atom. The number of hydrogen-bond donors (Lipinski definition) is 0. The van der Waals surface area contributed by atoms with Gasteiger partial charge in [0.05, 0.1) is 6.07 Å². The van der Waals surface area contributed by atoms with Crippen molar-refractivity contribution in [3.63, 3.8) is 0 Å². The number of hydrogen-bond acceptors (Lipinski definition) is 2. The first kappa shape index (κ1) is 11.7. The molecular weight excluding hydrogens is 172 g/mol. The lowest BCUT2D eigenvalue weighted by molar-refractivity contribution is 0.263. The summed E-state index contributed by atoms with van der Waals surface area (Å²) in [5.41, 5.74) is 0. The van der Waals surface area contributed by atoms with E-state index >= 15 is 0 Å². The summed E-state index contributed by atoms with van der Waals surface area (Å²) in [7, 11) is 0. The molecule has 0 N–H and O–H groups in total. The van der Waals surface area contributed by atoms with Gasteiger partial charge in [0.25, 0.3) is 0 Å². The average Bonchev–Trinajstić information content (AvgIpc) is 2.11. The van der Waals surface area contributed by atoms with Crippen molar-refractivity contribution in [3.8, 4) is 6.07 Å². The molecule has 0 saturated heterocycles. The Bertz CT molecular complexity index is 142. The molecule has 0 aliphatic carbocycles. The maximum absolute atomic E-state index is 8.40. The summed E-state index contributed by atoms with van der Waals surface area (Å²) < 4.78 is 0. The van der Waals surface area contributed by atoms with Gasteiger partial charge in [-0.05, 0) is 12.5 Å². The average molecular weight is 189 g/mol. The van der Waals surface area contributed by atoms with E-state index in [1.54, 1.807) is 0 Å². The van der Waals surface area contributed by atoms with Gasteiger partial charge >= 0.3 is 0 Å². The lowest BCUT2D eigenvalue weighted by Crippen LogP contribution is -2.29. The molecule has 0 heterocycles. The third-order valence-electron chi connectivity index (χ3n) is 1.82. The molecule has 0 aliphatic rings. The van der Waals surface area contributed by atoms with Crippen LogP contribution in [0.15, 0.2) is 0 Å². The molecule has 0 fully saturated rings. The van der Waals surface area contributed by atoms with Gasteiger partial charge < -0.3 is 4.90 Å². The fourth-order valence-electron chi connectivity index (χ4n) is 1.08. The lowest BCUT2D eigenvalue weighted by Gasteiger charge is -2.21. The van der Waals surface area contributed by atoms with Gasteiger partial charge in [0.2, 0.25) is 0 Å². The van der Waals surface area contributed by atoms with Gasteiger partial charge in [-0.3, -0.25) is 0 Å². The Kier molecular flexibility index (Phi) is 7.23. The molecule has 1 atom stereocenters. The molecule has 0 radical (unpaired) electrons. The topological polar surface area (TPSA) is 27.0 Å². The summed E-state index contributed by atoms with van der Waals surface area (Å²) in [6.45, 7) is 7.11. The normalized spacial score (nSPS) is 12.9. The summed E-state index contributed by atoms with van der Waals surface area (Å²) in [5, 5.41) is 8.40. The van der Waals surface area contributed by atoms with Crippen molar-refractivity contribution in [2.75, 3.05) is 25.5 Å². The van der Waals surface area contributed by atoms with E-state index in [2.05, 4.69) is 24.8 Å². The van der Waals surface area contributed by atoms with Crippen LogP contribution in [0.4, 0.5) is 0 Å². The number of alkyl halides is 1. The van der Waals surface area contributed by atoms with Crippen LogP contribution >= 0.6 is 11.6 Å². The van der Waals surface area contributed by atoms with Crippen LogP contribution in [0.5, 0.6) is 0 Å². The second-order valence-electron chi connectivity index (χ2n) is 3.06. The van der Waals surface area contributed by atoms with Crippen LogP contribution in [0.1, 0.15) is 20.3 Å². The van der Waals surface area contributed by atoms with Crippen LogP contribution in [0.2, 0.25) is 0 Å². The van der Waals surface area contributed by atoms with Gasteiger partial charge in [0, 0.05) is 25.4 Å². The molecule has 70 valence electrons. The monoisotopic (exact) mass is 188 g/mol. The van der Waals surface area contributed by atoms with Crippen LogP contribution in [-0.2, 0) is 0 Å². The van der Waals surface area contributed by atoms with E-state index in [4.69, 9.17) is 16.9 Å². The van der Waals surface area contributed by atoms with Crippen molar-refractivity contribution < 1.29 is 0 Å². The van der Waals surface area contributed by atoms with Crippen molar-refractivity contribution in [1.82, 2.24) is 4.90 Å². The van der Waals surface area contributed by atoms with E-state index < -0.39 is 0 Å². The molecule has 0 aromatic carbocycles. The Hall–Kier alpha value is -0.260. The van der Waals surface area contributed by atoms with E-state index in [1.165, 1.54) is 0 Å². The largest absolute Gasteiger partial charge is 0.302 e. The highest BCUT2D eigenvalue weighted by molar-refractivity contribution is 6.18. The van der Waals surface area contributed by atoms with Crippen LogP contribution in [0.25, 0.3) is 0 Å². The molecule has 3 heteroatoms. The first-order chi connectivity index (χ1) is 5.74. The quantitative estimate of drug-likeness (QED) is 0.597. The third kappa shape index (κ3) is 5.40. The fourth-order valence-corrected chi connectivity index (χ4v) is 1.17. The van der Waals surface area contributed by atoms with E-state index in [-0.39, 0.29) is 0 Å². The Labute approximate surface area is 80.1 Å². The molecule has 2 nitrogen and oxygen atoms in total. The predicted molar refractivity (Wildman–Crippen MR) is 52.2 cm³/mol. The maximum Gasteiger partial charge on any atom is 0.0635 e. The van der Waals surface area contributed by atoms with Gasteiger partial charge in [0.1, 0.15) is 0 Å². The van der Waals surface area contributed by atoms with E-state index in [0.717, 1.165) is 19.6 Å². The minimum atomic E-state index is 0.519. The molecule has 0 spiro atoms. The fraction of sp³-hybridized carbons (Fsp3) is 0.889. The second kappa shape index (κ2) is 7.39. The van der Waals surface area contributed by atoms with Crippen molar-refractivity contribution >= 4 is 11.6 Å². The van der Waals surface area contributed by atoms with Gasteiger partial charge in [-0.15, -0.1) is 11.6 Å². The van der Waals surface area contributed by atoms with Crippen molar-refractivity contribution in [3.05, 3.63) is 0 Å². The molecule has 0 amide bonds. The SMILES string of the molecule is CCN(CCC#N)CC(C)CCl. The summed E-state index contributed by atoms with van der Waals surface area (Å²) in [4.78, 5) is 2.26. The summed E-state index contributed by atoms with van der Waals surface area (Å²) in [6, 6.07) is 2.15. The highest BCUT2D eigenvalue weighted by Crippen LogP contribution is 2.02. The smallest absolute Gasteiger partial charge is 0.0635 e. The number of nitriles is 1. The van der Waals surface area contributed by atoms with Gasteiger partial charge in [-0.2, -0.15) is 5.26 Å². The molecule has 0 rings (SSSR count). The highest BCUT2D eigenvalue weighted by Gasteiger charge is 2.06. The van der Waals surface area contributed by atoms with E-state index in [1.807, 2.05) is 0 Å². The summed E-state index contributed by atoms with van der Waals surface area (Å²) in [5.74, 6) is 1.22. The molecule has 0 aliphatic heterocycles. The third-order valence-corrected chi connectivity index (χ3v) is 2.35. The summed E-state index contributed by atoms with van der Waals surface area (Å²) >= 11 is 5.70. The molecule has 0 aromatic heterocycles. The lowest BCUT2D eigenvalue weighted by atomic mass is 10.2. The molecule has 12 heavy (non-hydrogen) atoms. The van der Waals surface area contributed by atoms with Crippen LogP contribution in [0, 0.1) is 17.2 Å². The van der Waals surface area contributed by atoms with Crippen LogP contribution in [0.3, 0.4) is 0 Å². The van der Waals surface area contributed by atoms with E-state index in [9.17, 15) is 0 Å². The summed E-state index contributed by atoms with van der Waals surface area (Å²) in [6.07, 6.45) is 0.614. The zero-order chi connectivity index (χ0) is 9.40. The van der Waals surface area contributed by atoms with Crippen molar-refractivity contribution in [2.24, 2.45) is 5.92 Å². The van der Waals surface area contributed by atoms with Crippen LogP contribution in [-0.4, -0.2) is 30.4 Å².